The summed E-state index contributed by atoms with van der Waals surface area (Å²) in [5, 5.41) is 11.8. The van der Waals surface area contributed by atoms with E-state index in [-0.39, 0.29) is 24.2 Å². The summed E-state index contributed by atoms with van der Waals surface area (Å²) in [6.45, 7) is 2.47. The molecular formula is C27H29N5O2. The molecule has 0 saturated carbocycles. The van der Waals surface area contributed by atoms with E-state index in [2.05, 4.69) is 20.4 Å². The number of carbonyl (C=O) groups is 2. The van der Waals surface area contributed by atoms with Crippen LogP contribution in [-0.2, 0) is 9.59 Å². The zero-order valence-corrected chi connectivity index (χ0v) is 19.2. The molecule has 2 aromatic carbocycles. The van der Waals surface area contributed by atoms with Crippen molar-refractivity contribution in [3.63, 3.8) is 0 Å². The average molecular weight is 456 g/mol. The Kier molecular flexibility index (Phi) is 6.51. The van der Waals surface area contributed by atoms with Gasteiger partial charge >= 0.3 is 0 Å². The number of nitrogens with one attached hydrogen (secondary N) is 1. The van der Waals surface area contributed by atoms with Crippen LogP contribution in [0.3, 0.4) is 0 Å². The SMILES string of the molecule is O=C(Nc1ccc(-c2ccc(N3CCCCCC3)nn2)cc1)C1CC(=O)N(c2ccccc2)C1. The molecule has 2 aliphatic rings. The Morgan fingerprint density at radius 1 is 0.853 bits per heavy atom. The molecule has 0 spiro atoms. The third-order valence-electron chi connectivity index (χ3n) is 6.59. The van der Waals surface area contributed by atoms with Crippen LogP contribution in [0.15, 0.2) is 66.7 Å². The van der Waals surface area contributed by atoms with Crippen LogP contribution in [0.4, 0.5) is 17.2 Å². The van der Waals surface area contributed by atoms with Gasteiger partial charge in [0.2, 0.25) is 11.8 Å². The first-order valence-corrected chi connectivity index (χ1v) is 12.0. The monoisotopic (exact) mass is 455 g/mol. The van der Waals surface area contributed by atoms with Gasteiger partial charge in [-0.1, -0.05) is 43.2 Å². The molecule has 3 heterocycles. The Bertz CT molecular complexity index is 1120. The second kappa shape index (κ2) is 10.0. The van der Waals surface area contributed by atoms with Crippen molar-refractivity contribution in [2.75, 3.05) is 34.8 Å². The molecule has 2 fully saturated rings. The minimum absolute atomic E-state index is 0.0242. The lowest BCUT2D eigenvalue weighted by Gasteiger charge is -2.20. The van der Waals surface area contributed by atoms with Crippen LogP contribution < -0.4 is 15.1 Å². The van der Waals surface area contributed by atoms with Gasteiger partial charge in [0.25, 0.3) is 0 Å². The van der Waals surface area contributed by atoms with E-state index in [4.69, 9.17) is 0 Å². The Morgan fingerprint density at radius 3 is 2.26 bits per heavy atom. The van der Waals surface area contributed by atoms with E-state index in [1.807, 2.05) is 66.7 Å². The molecular weight excluding hydrogens is 426 g/mol. The van der Waals surface area contributed by atoms with Gasteiger partial charge in [-0.3, -0.25) is 9.59 Å². The summed E-state index contributed by atoms with van der Waals surface area (Å²) >= 11 is 0. The molecule has 1 unspecified atom stereocenters. The van der Waals surface area contributed by atoms with Crippen molar-refractivity contribution >= 4 is 29.0 Å². The van der Waals surface area contributed by atoms with Gasteiger partial charge in [0.1, 0.15) is 0 Å². The van der Waals surface area contributed by atoms with Gasteiger partial charge < -0.3 is 15.1 Å². The molecule has 7 nitrogen and oxygen atoms in total. The lowest BCUT2D eigenvalue weighted by atomic mass is 10.1. The highest BCUT2D eigenvalue weighted by Crippen LogP contribution is 2.27. The van der Waals surface area contributed by atoms with Crippen LogP contribution in [0.5, 0.6) is 0 Å². The van der Waals surface area contributed by atoms with E-state index in [9.17, 15) is 9.59 Å². The fraction of sp³-hybridized carbons (Fsp3) is 0.333. The first kappa shape index (κ1) is 22.1. The summed E-state index contributed by atoms with van der Waals surface area (Å²) in [6.07, 6.45) is 5.20. The zero-order valence-electron chi connectivity index (χ0n) is 19.2. The normalized spacial score (nSPS) is 18.6. The molecule has 3 aromatic rings. The molecule has 0 aliphatic carbocycles. The molecule has 34 heavy (non-hydrogen) atoms. The van der Waals surface area contributed by atoms with Crippen LogP contribution in [0.1, 0.15) is 32.1 Å². The Hall–Kier alpha value is -3.74. The van der Waals surface area contributed by atoms with Crippen LogP contribution in [-0.4, -0.2) is 41.6 Å². The Labute approximate surface area is 199 Å². The van der Waals surface area contributed by atoms with Crippen molar-refractivity contribution < 1.29 is 9.59 Å². The molecule has 1 atom stereocenters. The van der Waals surface area contributed by atoms with E-state index in [0.29, 0.717) is 12.2 Å². The molecule has 7 heteroatoms. The molecule has 174 valence electrons. The lowest BCUT2D eigenvalue weighted by Crippen LogP contribution is -2.28. The fourth-order valence-corrected chi connectivity index (χ4v) is 4.66. The zero-order chi connectivity index (χ0) is 23.3. The minimum Gasteiger partial charge on any atom is -0.355 e. The van der Waals surface area contributed by atoms with E-state index in [1.54, 1.807) is 4.90 Å². The van der Waals surface area contributed by atoms with Crippen molar-refractivity contribution in [1.29, 1.82) is 0 Å². The second-order valence-corrected chi connectivity index (χ2v) is 8.99. The van der Waals surface area contributed by atoms with E-state index < -0.39 is 0 Å². The van der Waals surface area contributed by atoms with Crippen molar-refractivity contribution in [2.45, 2.75) is 32.1 Å². The maximum Gasteiger partial charge on any atom is 0.229 e. The molecule has 2 saturated heterocycles. The number of hydrogen-bond acceptors (Lipinski definition) is 5. The largest absolute Gasteiger partial charge is 0.355 e. The number of hydrogen-bond donors (Lipinski definition) is 1. The molecule has 0 bridgehead atoms. The highest BCUT2D eigenvalue weighted by molar-refractivity contribution is 6.03. The summed E-state index contributed by atoms with van der Waals surface area (Å²) < 4.78 is 0. The quantitative estimate of drug-likeness (QED) is 0.612. The summed E-state index contributed by atoms with van der Waals surface area (Å²) in [4.78, 5) is 29.2. The van der Waals surface area contributed by atoms with Gasteiger partial charge in [-0.2, -0.15) is 0 Å². The van der Waals surface area contributed by atoms with Crippen molar-refractivity contribution in [3.8, 4) is 11.3 Å². The maximum atomic E-state index is 12.8. The van der Waals surface area contributed by atoms with Crippen molar-refractivity contribution in [2.24, 2.45) is 5.92 Å². The Morgan fingerprint density at radius 2 is 1.59 bits per heavy atom. The van der Waals surface area contributed by atoms with Gasteiger partial charge in [-0.25, -0.2) is 0 Å². The van der Waals surface area contributed by atoms with Crippen molar-refractivity contribution in [3.05, 3.63) is 66.7 Å². The smallest absolute Gasteiger partial charge is 0.229 e. The van der Waals surface area contributed by atoms with Crippen LogP contribution in [0.2, 0.25) is 0 Å². The van der Waals surface area contributed by atoms with E-state index >= 15 is 0 Å². The third-order valence-corrected chi connectivity index (χ3v) is 6.59. The van der Waals surface area contributed by atoms with Crippen LogP contribution >= 0.6 is 0 Å². The highest BCUT2D eigenvalue weighted by atomic mass is 16.2. The van der Waals surface area contributed by atoms with Crippen LogP contribution in [0.25, 0.3) is 11.3 Å². The predicted octanol–water partition coefficient (Wildman–Crippen LogP) is 4.52. The van der Waals surface area contributed by atoms with Gasteiger partial charge in [-0.05, 0) is 49.2 Å². The summed E-state index contributed by atoms with van der Waals surface area (Å²) in [6, 6.07) is 21.1. The first-order valence-electron chi connectivity index (χ1n) is 12.0. The van der Waals surface area contributed by atoms with Gasteiger partial charge in [0.15, 0.2) is 5.82 Å². The third kappa shape index (κ3) is 4.93. The summed E-state index contributed by atoms with van der Waals surface area (Å²) in [5.74, 6) is 0.403. The number of anilines is 3. The summed E-state index contributed by atoms with van der Waals surface area (Å²) in [5.41, 5.74) is 3.28. The standard InChI is InChI=1S/C27H29N5O2/c33-26-18-21(19-32(26)23-8-4-3-5-9-23)27(34)28-22-12-10-20(11-13-22)24-14-15-25(30-29-24)31-16-6-1-2-7-17-31/h3-5,8-15,21H,1-2,6-7,16-19H2,(H,28,34). The second-order valence-electron chi connectivity index (χ2n) is 8.99. The van der Waals surface area contributed by atoms with E-state index in [0.717, 1.165) is 35.9 Å². The van der Waals surface area contributed by atoms with Gasteiger partial charge in [0.05, 0.1) is 11.6 Å². The Balaban J connectivity index is 1.20. The number of carbonyl (C=O) groups excluding carboxylic acids is 2. The predicted molar refractivity (Wildman–Crippen MR) is 134 cm³/mol. The van der Waals surface area contributed by atoms with Crippen molar-refractivity contribution in [1.82, 2.24) is 10.2 Å². The van der Waals surface area contributed by atoms with Crippen LogP contribution in [0, 0.1) is 5.92 Å². The molecule has 2 amide bonds. The number of rotatable bonds is 5. The number of aromatic nitrogens is 2. The number of nitrogens with zero attached hydrogens (tertiary/aromatic N) is 4. The van der Waals surface area contributed by atoms with Gasteiger partial charge in [-0.15, -0.1) is 10.2 Å². The first-order chi connectivity index (χ1) is 16.7. The average Bonchev–Trinajstić information content (AvgIpc) is 3.08. The molecule has 0 radical (unpaired) electrons. The topological polar surface area (TPSA) is 78.4 Å². The minimum atomic E-state index is -0.371. The number of amides is 2. The number of benzene rings is 2. The summed E-state index contributed by atoms with van der Waals surface area (Å²) in [7, 11) is 0. The number of para-hydroxylation sites is 1. The van der Waals surface area contributed by atoms with Gasteiger partial charge in [0, 0.05) is 43.0 Å². The molecule has 1 N–H and O–H groups in total. The van der Waals surface area contributed by atoms with E-state index in [1.165, 1.54) is 25.7 Å². The molecule has 1 aromatic heterocycles. The molecule has 5 rings (SSSR count). The molecule has 2 aliphatic heterocycles. The highest BCUT2D eigenvalue weighted by Gasteiger charge is 2.35. The fourth-order valence-electron chi connectivity index (χ4n) is 4.66. The maximum absolute atomic E-state index is 12.8. The lowest BCUT2D eigenvalue weighted by molar-refractivity contribution is -0.122.